The molecule has 13 nitrogen and oxygen atoms in total. The molecular formula is C22H38N4O9. The molecule has 2 atom stereocenters. The van der Waals surface area contributed by atoms with Crippen molar-refractivity contribution in [1.29, 1.82) is 0 Å². The Balaban J connectivity index is 3.13. The first kappa shape index (κ1) is 30.5. The van der Waals surface area contributed by atoms with Crippen molar-refractivity contribution in [1.82, 2.24) is 19.6 Å². The Kier molecular flexibility index (Phi) is 13.4. The van der Waals surface area contributed by atoms with E-state index in [-0.39, 0.29) is 84.8 Å². The van der Waals surface area contributed by atoms with Gasteiger partial charge in [0, 0.05) is 52.4 Å². The highest BCUT2D eigenvalue weighted by Crippen LogP contribution is 2.14. The van der Waals surface area contributed by atoms with Crippen molar-refractivity contribution >= 4 is 23.9 Å². The summed E-state index contributed by atoms with van der Waals surface area (Å²) in [5.74, 6) is -4.24. The molecule has 1 aliphatic heterocycles. The van der Waals surface area contributed by atoms with Gasteiger partial charge in [0.2, 0.25) is 0 Å². The highest BCUT2D eigenvalue weighted by atomic mass is 16.4. The fourth-order valence-corrected chi connectivity index (χ4v) is 3.94. The molecular weight excluding hydrogens is 464 g/mol. The Hall–Kier alpha value is -2.58. The van der Waals surface area contributed by atoms with Gasteiger partial charge in [0.25, 0.3) is 0 Å². The third-order valence-electron chi connectivity index (χ3n) is 5.96. The van der Waals surface area contributed by atoms with Gasteiger partial charge in [-0.15, -0.1) is 0 Å². The van der Waals surface area contributed by atoms with E-state index in [1.54, 1.807) is 26.5 Å². The van der Waals surface area contributed by atoms with Gasteiger partial charge in [0.1, 0.15) is 6.04 Å². The molecule has 13 heteroatoms. The second-order valence-corrected chi connectivity index (χ2v) is 8.84. The van der Waals surface area contributed by atoms with Crippen LogP contribution in [0.1, 0.15) is 19.8 Å². The van der Waals surface area contributed by atoms with Crippen LogP contribution in [0.2, 0.25) is 0 Å². The SMILES string of the molecule is C=C(C)C(O)CCC(C(=O)O)N1CCN(CC(=O)O)CCN(CC(=O)O)CCN(CC(=O)O)CC1. The van der Waals surface area contributed by atoms with Gasteiger partial charge in [0.05, 0.1) is 25.7 Å². The van der Waals surface area contributed by atoms with E-state index in [2.05, 4.69) is 6.58 Å². The molecule has 5 N–H and O–H groups in total. The van der Waals surface area contributed by atoms with Crippen LogP contribution >= 0.6 is 0 Å². The number of nitrogens with zero attached hydrogens (tertiary/aromatic N) is 4. The Morgan fingerprint density at radius 3 is 1.31 bits per heavy atom. The van der Waals surface area contributed by atoms with Crippen molar-refractivity contribution in [3.8, 4) is 0 Å². The van der Waals surface area contributed by atoms with Crippen LogP contribution in [0, 0.1) is 0 Å². The minimum atomic E-state index is -1.09. The fourth-order valence-electron chi connectivity index (χ4n) is 3.94. The number of hydrogen-bond acceptors (Lipinski definition) is 9. The molecule has 1 rings (SSSR count). The number of carboxylic acid groups (broad SMARTS) is 4. The first-order valence-corrected chi connectivity index (χ1v) is 11.5. The molecule has 0 saturated carbocycles. The molecule has 0 radical (unpaired) electrons. The van der Waals surface area contributed by atoms with Gasteiger partial charge in [0.15, 0.2) is 0 Å². The number of rotatable bonds is 12. The van der Waals surface area contributed by atoms with E-state index < -0.39 is 36.0 Å². The van der Waals surface area contributed by atoms with Crippen molar-refractivity contribution in [3.63, 3.8) is 0 Å². The van der Waals surface area contributed by atoms with Gasteiger partial charge in [-0.1, -0.05) is 12.2 Å². The van der Waals surface area contributed by atoms with Gasteiger partial charge in [-0.2, -0.15) is 0 Å². The maximum atomic E-state index is 12.1. The molecule has 1 saturated heterocycles. The van der Waals surface area contributed by atoms with E-state index in [4.69, 9.17) is 0 Å². The number of carbonyl (C=O) groups is 4. The van der Waals surface area contributed by atoms with Crippen molar-refractivity contribution in [2.24, 2.45) is 0 Å². The van der Waals surface area contributed by atoms with Crippen molar-refractivity contribution in [3.05, 3.63) is 12.2 Å². The number of aliphatic carboxylic acids is 4. The molecule has 0 aromatic carbocycles. The zero-order valence-electron chi connectivity index (χ0n) is 20.2. The number of aliphatic hydroxyl groups is 1. The van der Waals surface area contributed by atoms with Crippen LogP contribution in [0.25, 0.3) is 0 Å². The van der Waals surface area contributed by atoms with Crippen LogP contribution in [-0.2, 0) is 19.2 Å². The smallest absolute Gasteiger partial charge is 0.320 e. The molecule has 1 aliphatic rings. The lowest BCUT2D eigenvalue weighted by atomic mass is 10.0. The molecule has 200 valence electrons. The summed E-state index contributed by atoms with van der Waals surface area (Å²) in [6.07, 6.45) is -0.533. The highest BCUT2D eigenvalue weighted by Gasteiger charge is 2.28. The molecule has 0 bridgehead atoms. The van der Waals surface area contributed by atoms with Crippen molar-refractivity contribution in [2.75, 3.05) is 72.0 Å². The molecule has 1 heterocycles. The third kappa shape index (κ3) is 12.6. The molecule has 0 aromatic heterocycles. The Labute approximate surface area is 204 Å². The first-order valence-electron chi connectivity index (χ1n) is 11.5. The lowest BCUT2D eigenvalue weighted by Gasteiger charge is -2.35. The molecule has 0 amide bonds. The second-order valence-electron chi connectivity index (χ2n) is 8.84. The van der Waals surface area contributed by atoms with E-state index in [0.29, 0.717) is 5.57 Å². The van der Waals surface area contributed by atoms with Crippen LogP contribution in [0.4, 0.5) is 0 Å². The van der Waals surface area contributed by atoms with Crippen LogP contribution in [0.15, 0.2) is 12.2 Å². The number of carboxylic acids is 4. The Bertz CT molecular complexity index is 716. The predicted octanol–water partition coefficient (Wildman–Crippen LogP) is -1.37. The normalized spacial score (nSPS) is 19.7. The minimum absolute atomic E-state index is 0.133. The van der Waals surface area contributed by atoms with Gasteiger partial charge in [-0.05, 0) is 19.8 Å². The van der Waals surface area contributed by atoms with Crippen molar-refractivity contribution < 1.29 is 44.7 Å². The summed E-state index contributed by atoms with van der Waals surface area (Å²) in [4.78, 5) is 52.6. The highest BCUT2D eigenvalue weighted by molar-refractivity contribution is 5.73. The summed E-state index contributed by atoms with van der Waals surface area (Å²) >= 11 is 0. The van der Waals surface area contributed by atoms with E-state index in [9.17, 15) is 44.7 Å². The Morgan fingerprint density at radius 2 is 1.03 bits per heavy atom. The average Bonchev–Trinajstić information content (AvgIpc) is 2.73. The van der Waals surface area contributed by atoms with E-state index in [1.807, 2.05) is 0 Å². The zero-order chi connectivity index (χ0) is 26.5. The first-order chi connectivity index (χ1) is 16.4. The maximum Gasteiger partial charge on any atom is 0.320 e. The van der Waals surface area contributed by atoms with Crippen LogP contribution < -0.4 is 0 Å². The zero-order valence-corrected chi connectivity index (χ0v) is 20.2. The molecule has 35 heavy (non-hydrogen) atoms. The van der Waals surface area contributed by atoms with Gasteiger partial charge in [-0.25, -0.2) is 0 Å². The largest absolute Gasteiger partial charge is 0.480 e. The number of aliphatic hydroxyl groups excluding tert-OH is 1. The minimum Gasteiger partial charge on any atom is -0.480 e. The topological polar surface area (TPSA) is 182 Å². The summed E-state index contributed by atoms with van der Waals surface area (Å²) in [5.41, 5.74) is 0.522. The Morgan fingerprint density at radius 1 is 0.686 bits per heavy atom. The average molecular weight is 503 g/mol. The molecule has 2 unspecified atom stereocenters. The van der Waals surface area contributed by atoms with E-state index in [1.165, 1.54) is 0 Å². The summed E-state index contributed by atoms with van der Waals surface area (Å²) in [5, 5.41) is 47.7. The molecule has 1 fully saturated rings. The van der Waals surface area contributed by atoms with Crippen molar-refractivity contribution in [2.45, 2.75) is 31.9 Å². The fraction of sp³-hybridized carbons (Fsp3) is 0.727. The van der Waals surface area contributed by atoms with E-state index in [0.717, 1.165) is 0 Å². The second kappa shape index (κ2) is 15.4. The van der Waals surface area contributed by atoms with Gasteiger partial charge in [-0.3, -0.25) is 38.8 Å². The van der Waals surface area contributed by atoms with Gasteiger partial charge >= 0.3 is 23.9 Å². The van der Waals surface area contributed by atoms with E-state index >= 15 is 0 Å². The summed E-state index contributed by atoms with van der Waals surface area (Å²) in [7, 11) is 0. The van der Waals surface area contributed by atoms with Gasteiger partial charge < -0.3 is 25.5 Å². The standard InChI is InChI=1S/C22H38N4O9/c1-16(2)18(27)4-3-17(22(34)35)26-11-9-24(14-20(30)31)7-5-23(13-19(28)29)6-8-25(10-12-26)15-21(32)33/h17-18,27H,1,3-15H2,2H3,(H,28,29)(H,30,31)(H,32,33)(H,34,35). The number of hydrogen-bond donors (Lipinski definition) is 5. The molecule has 0 aromatic rings. The molecule has 0 aliphatic carbocycles. The quantitative estimate of drug-likeness (QED) is 0.197. The lowest BCUT2D eigenvalue weighted by Crippen LogP contribution is -2.52. The third-order valence-corrected chi connectivity index (χ3v) is 5.96. The summed E-state index contributed by atoms with van der Waals surface area (Å²) in [6, 6.07) is -0.964. The molecule has 0 spiro atoms. The summed E-state index contributed by atoms with van der Waals surface area (Å²) in [6.45, 7) is 6.36. The lowest BCUT2D eigenvalue weighted by molar-refractivity contribution is -0.145. The monoisotopic (exact) mass is 502 g/mol. The predicted molar refractivity (Wildman–Crippen MR) is 125 cm³/mol. The summed E-state index contributed by atoms with van der Waals surface area (Å²) < 4.78 is 0. The van der Waals surface area contributed by atoms with Crippen LogP contribution in [0.3, 0.4) is 0 Å². The van der Waals surface area contributed by atoms with Crippen LogP contribution in [-0.4, -0.2) is 153 Å². The maximum absolute atomic E-state index is 12.1. The van der Waals surface area contributed by atoms with Crippen LogP contribution in [0.5, 0.6) is 0 Å².